The van der Waals surface area contributed by atoms with E-state index in [2.05, 4.69) is 21.2 Å². The van der Waals surface area contributed by atoms with Gasteiger partial charge in [0.05, 0.1) is 23.3 Å². The van der Waals surface area contributed by atoms with Gasteiger partial charge in [-0.15, -0.1) is 0 Å². The minimum absolute atomic E-state index is 0.00302. The summed E-state index contributed by atoms with van der Waals surface area (Å²) in [7, 11) is 1.81. The van der Waals surface area contributed by atoms with Crippen LogP contribution in [0.2, 0.25) is 5.02 Å². The number of hydrogen-bond donors (Lipinski definition) is 1. The first-order chi connectivity index (χ1) is 8.54. The molecule has 1 aliphatic rings. The Morgan fingerprint density at radius 2 is 2.22 bits per heavy atom. The molecule has 1 fully saturated rings. The molecule has 5 heteroatoms. The summed E-state index contributed by atoms with van der Waals surface area (Å²) in [5.74, 6) is -0.381. The third-order valence-electron chi connectivity index (χ3n) is 3.35. The lowest BCUT2D eigenvalue weighted by molar-refractivity contribution is 0.0325. The SMILES string of the molecule is CNC(c1ccc(Br)c(Cl)c1F)C1CCC(C)O1. The van der Waals surface area contributed by atoms with Crippen LogP contribution in [0.1, 0.15) is 31.4 Å². The molecule has 0 aromatic heterocycles. The Bertz CT molecular complexity index is 443. The maximum absolute atomic E-state index is 14.2. The molecule has 18 heavy (non-hydrogen) atoms. The van der Waals surface area contributed by atoms with E-state index in [1.54, 1.807) is 12.1 Å². The normalized spacial score (nSPS) is 25.4. The number of halogens is 3. The van der Waals surface area contributed by atoms with Crippen molar-refractivity contribution in [2.45, 2.75) is 38.0 Å². The summed E-state index contributed by atoms with van der Waals surface area (Å²) in [6.07, 6.45) is 2.17. The number of rotatable bonds is 3. The lowest BCUT2D eigenvalue weighted by Crippen LogP contribution is -2.30. The highest BCUT2D eigenvalue weighted by molar-refractivity contribution is 9.10. The van der Waals surface area contributed by atoms with Crippen molar-refractivity contribution in [2.24, 2.45) is 0 Å². The van der Waals surface area contributed by atoms with Crippen LogP contribution in [-0.2, 0) is 4.74 Å². The third-order valence-corrected chi connectivity index (χ3v) is 4.61. The van der Waals surface area contributed by atoms with E-state index < -0.39 is 0 Å². The van der Waals surface area contributed by atoms with Gasteiger partial charge in [0.15, 0.2) is 0 Å². The van der Waals surface area contributed by atoms with Crippen molar-refractivity contribution >= 4 is 27.5 Å². The Hall–Kier alpha value is -0.160. The number of ether oxygens (including phenoxy) is 1. The molecule has 1 aromatic carbocycles. The predicted octanol–water partition coefficient (Wildman–Crippen LogP) is 4.07. The number of nitrogens with one attached hydrogen (secondary N) is 1. The highest BCUT2D eigenvalue weighted by Crippen LogP contribution is 2.35. The minimum atomic E-state index is -0.381. The van der Waals surface area contributed by atoms with Crippen LogP contribution in [-0.4, -0.2) is 19.3 Å². The second-order valence-corrected chi connectivity index (χ2v) is 5.83. The van der Waals surface area contributed by atoms with Crippen LogP contribution in [0.5, 0.6) is 0 Å². The largest absolute Gasteiger partial charge is 0.373 e. The van der Waals surface area contributed by atoms with Gasteiger partial charge in [0, 0.05) is 10.0 Å². The van der Waals surface area contributed by atoms with Crippen LogP contribution in [0.4, 0.5) is 4.39 Å². The number of benzene rings is 1. The molecule has 100 valence electrons. The Kier molecular flexibility index (Phi) is 4.64. The van der Waals surface area contributed by atoms with Crippen molar-refractivity contribution in [1.29, 1.82) is 0 Å². The molecule has 2 rings (SSSR count). The zero-order valence-electron chi connectivity index (χ0n) is 10.3. The van der Waals surface area contributed by atoms with E-state index >= 15 is 0 Å². The molecule has 2 nitrogen and oxygen atoms in total. The van der Waals surface area contributed by atoms with Crippen molar-refractivity contribution in [2.75, 3.05) is 7.05 Å². The van der Waals surface area contributed by atoms with Gasteiger partial charge in [-0.3, -0.25) is 0 Å². The maximum atomic E-state index is 14.2. The molecule has 3 unspecified atom stereocenters. The Labute approximate surface area is 120 Å². The van der Waals surface area contributed by atoms with Crippen molar-refractivity contribution in [1.82, 2.24) is 5.32 Å². The molecule has 0 bridgehead atoms. The highest BCUT2D eigenvalue weighted by atomic mass is 79.9. The zero-order valence-corrected chi connectivity index (χ0v) is 12.7. The van der Waals surface area contributed by atoms with E-state index in [0.717, 1.165) is 12.8 Å². The van der Waals surface area contributed by atoms with Gasteiger partial charge in [0.1, 0.15) is 5.82 Å². The lowest BCUT2D eigenvalue weighted by Gasteiger charge is -2.24. The molecule has 0 aliphatic carbocycles. The van der Waals surface area contributed by atoms with E-state index in [0.29, 0.717) is 10.0 Å². The standard InChI is InChI=1S/C13H16BrClFNO/c1-7-3-6-10(18-7)13(17-2)8-4-5-9(14)11(15)12(8)16/h4-5,7,10,13,17H,3,6H2,1-2H3. The molecule has 1 heterocycles. The molecule has 0 radical (unpaired) electrons. The van der Waals surface area contributed by atoms with Crippen LogP contribution < -0.4 is 5.32 Å². The quantitative estimate of drug-likeness (QED) is 0.840. The van der Waals surface area contributed by atoms with E-state index in [9.17, 15) is 4.39 Å². The Balaban J connectivity index is 2.30. The van der Waals surface area contributed by atoms with Gasteiger partial charge < -0.3 is 10.1 Å². The van der Waals surface area contributed by atoms with E-state index in [1.807, 2.05) is 14.0 Å². The molecule has 0 amide bonds. The average Bonchev–Trinajstić information content (AvgIpc) is 2.77. The second-order valence-electron chi connectivity index (χ2n) is 4.59. The van der Waals surface area contributed by atoms with Crippen LogP contribution >= 0.6 is 27.5 Å². The van der Waals surface area contributed by atoms with Gasteiger partial charge in [-0.2, -0.15) is 0 Å². The Morgan fingerprint density at radius 3 is 2.78 bits per heavy atom. The zero-order chi connectivity index (χ0) is 13.3. The number of hydrogen-bond acceptors (Lipinski definition) is 2. The summed E-state index contributed by atoms with van der Waals surface area (Å²) in [4.78, 5) is 0. The fourth-order valence-corrected chi connectivity index (χ4v) is 2.88. The molecule has 1 saturated heterocycles. The molecular weight excluding hydrogens is 321 g/mol. The smallest absolute Gasteiger partial charge is 0.147 e. The van der Waals surface area contributed by atoms with Crippen molar-refractivity contribution in [3.8, 4) is 0 Å². The van der Waals surface area contributed by atoms with E-state index in [1.165, 1.54) is 0 Å². The van der Waals surface area contributed by atoms with Gasteiger partial charge in [-0.1, -0.05) is 17.7 Å². The summed E-state index contributed by atoms with van der Waals surface area (Å²) in [5, 5.41) is 3.25. The minimum Gasteiger partial charge on any atom is -0.373 e. The van der Waals surface area contributed by atoms with Gasteiger partial charge >= 0.3 is 0 Å². The topological polar surface area (TPSA) is 21.3 Å². The molecule has 0 spiro atoms. The van der Waals surface area contributed by atoms with Crippen molar-refractivity contribution < 1.29 is 9.13 Å². The first-order valence-corrected chi connectivity index (χ1v) is 7.17. The molecular formula is C13H16BrClFNO. The molecule has 1 N–H and O–H groups in total. The first-order valence-electron chi connectivity index (χ1n) is 6.00. The molecule has 3 atom stereocenters. The fraction of sp³-hybridized carbons (Fsp3) is 0.538. The Morgan fingerprint density at radius 1 is 1.50 bits per heavy atom. The second kappa shape index (κ2) is 5.87. The first kappa shape index (κ1) is 14.3. The predicted molar refractivity (Wildman–Crippen MR) is 74.5 cm³/mol. The fourth-order valence-electron chi connectivity index (χ4n) is 2.40. The summed E-state index contributed by atoms with van der Waals surface area (Å²) < 4.78 is 20.6. The molecule has 1 aromatic rings. The number of likely N-dealkylation sites (N-methyl/N-ethyl adjacent to an activating group) is 1. The lowest BCUT2D eigenvalue weighted by atomic mass is 9.99. The van der Waals surface area contributed by atoms with Crippen molar-refractivity contribution in [3.05, 3.63) is 33.0 Å². The molecule has 0 saturated carbocycles. The van der Waals surface area contributed by atoms with Gasteiger partial charge in [0.2, 0.25) is 0 Å². The van der Waals surface area contributed by atoms with Crippen LogP contribution in [0, 0.1) is 5.82 Å². The van der Waals surface area contributed by atoms with Gasteiger partial charge in [-0.25, -0.2) is 4.39 Å². The van der Waals surface area contributed by atoms with E-state index in [-0.39, 0.29) is 29.1 Å². The monoisotopic (exact) mass is 335 g/mol. The van der Waals surface area contributed by atoms with Gasteiger partial charge in [0.25, 0.3) is 0 Å². The van der Waals surface area contributed by atoms with Crippen LogP contribution in [0.3, 0.4) is 0 Å². The van der Waals surface area contributed by atoms with E-state index in [4.69, 9.17) is 16.3 Å². The summed E-state index contributed by atoms with van der Waals surface area (Å²) in [5.41, 5.74) is 0.560. The maximum Gasteiger partial charge on any atom is 0.147 e. The van der Waals surface area contributed by atoms with Crippen LogP contribution in [0.25, 0.3) is 0 Å². The van der Waals surface area contributed by atoms with Gasteiger partial charge in [-0.05, 0) is 48.8 Å². The van der Waals surface area contributed by atoms with Crippen molar-refractivity contribution in [3.63, 3.8) is 0 Å². The van der Waals surface area contributed by atoms with Crippen LogP contribution in [0.15, 0.2) is 16.6 Å². The third kappa shape index (κ3) is 2.72. The summed E-state index contributed by atoms with van der Waals surface area (Å²) in [6, 6.07) is 3.35. The molecule has 1 aliphatic heterocycles. The summed E-state index contributed by atoms with van der Waals surface area (Å²) >= 11 is 9.15. The summed E-state index contributed by atoms with van der Waals surface area (Å²) in [6.45, 7) is 2.04. The highest BCUT2D eigenvalue weighted by Gasteiger charge is 2.31. The average molecular weight is 337 g/mol.